The zero-order valence-electron chi connectivity index (χ0n) is 20.3. The lowest BCUT2D eigenvalue weighted by Gasteiger charge is -2.31. The molecule has 34 heavy (non-hydrogen) atoms. The van der Waals surface area contributed by atoms with E-state index >= 15 is 0 Å². The maximum Gasteiger partial charge on any atom is 0.242 e. The summed E-state index contributed by atoms with van der Waals surface area (Å²) in [6.45, 7) is 6.28. The van der Waals surface area contributed by atoms with Crippen LogP contribution in [0.5, 0.6) is 0 Å². The largest absolute Gasteiger partial charge is 0.355 e. The lowest BCUT2D eigenvalue weighted by Crippen LogP contribution is -2.49. The number of rotatable bonds is 12. The lowest BCUT2D eigenvalue weighted by molar-refractivity contribution is -0.141. The van der Waals surface area contributed by atoms with Gasteiger partial charge in [-0.05, 0) is 56.5 Å². The van der Waals surface area contributed by atoms with Crippen LogP contribution in [0.25, 0.3) is 0 Å². The molecule has 0 unspecified atom stereocenters. The molecule has 2 aromatic rings. The highest BCUT2D eigenvalue weighted by atomic mass is 32.2. The van der Waals surface area contributed by atoms with Crippen molar-refractivity contribution < 1.29 is 22.4 Å². The fourth-order valence-electron chi connectivity index (χ4n) is 3.71. The number of hydrogen-bond donors (Lipinski definition) is 1. The summed E-state index contributed by atoms with van der Waals surface area (Å²) in [7, 11) is -3.53. The minimum atomic E-state index is -3.53. The van der Waals surface area contributed by atoms with Crippen LogP contribution in [0.1, 0.15) is 44.2 Å². The van der Waals surface area contributed by atoms with Crippen molar-refractivity contribution in [3.63, 3.8) is 0 Å². The topological polar surface area (TPSA) is 86.8 Å². The number of nitrogens with one attached hydrogen (secondary N) is 1. The van der Waals surface area contributed by atoms with Crippen LogP contribution >= 0.6 is 0 Å². The van der Waals surface area contributed by atoms with Crippen molar-refractivity contribution in [1.82, 2.24) is 10.2 Å². The Hall–Kier alpha value is -2.94. The van der Waals surface area contributed by atoms with E-state index in [2.05, 4.69) is 5.32 Å². The van der Waals surface area contributed by atoms with E-state index in [1.165, 1.54) is 21.3 Å². The smallest absolute Gasteiger partial charge is 0.242 e. The summed E-state index contributed by atoms with van der Waals surface area (Å²) in [5.41, 5.74) is 2.26. The molecule has 2 amide bonds. The summed E-state index contributed by atoms with van der Waals surface area (Å²) < 4.78 is 39.3. The summed E-state index contributed by atoms with van der Waals surface area (Å²) in [6, 6.07) is 12.3. The lowest BCUT2D eigenvalue weighted by atomic mass is 10.1. The maximum atomic E-state index is 13.3. The highest BCUT2D eigenvalue weighted by molar-refractivity contribution is 7.92. The molecule has 2 rings (SSSR count). The second kappa shape index (κ2) is 12.5. The Morgan fingerprint density at radius 2 is 1.65 bits per heavy atom. The molecule has 0 bridgehead atoms. The Balaban J connectivity index is 2.18. The molecule has 1 N–H and O–H groups in total. The van der Waals surface area contributed by atoms with Gasteiger partial charge in [-0.1, -0.05) is 36.8 Å². The summed E-state index contributed by atoms with van der Waals surface area (Å²) in [5, 5.41) is 2.77. The molecular formula is C25H34FN3O4S. The molecule has 9 heteroatoms. The Morgan fingerprint density at radius 1 is 1.03 bits per heavy atom. The standard InChI is InChI=1S/C25H34FN3O4S/c1-5-23(25(31)27-6-2)28(18-20-11-13-21(26)14-12-20)24(30)8-7-17-29(34(4,32)33)22-15-9-19(3)10-16-22/h9-16,23H,5-8,17-18H2,1-4H3,(H,27,31)/t23-/m0/s1. The molecule has 1 atom stereocenters. The molecule has 0 saturated heterocycles. The first-order valence-corrected chi connectivity index (χ1v) is 13.3. The molecule has 0 fully saturated rings. The highest BCUT2D eigenvalue weighted by Crippen LogP contribution is 2.20. The first-order valence-electron chi connectivity index (χ1n) is 11.4. The zero-order valence-corrected chi connectivity index (χ0v) is 21.1. The molecule has 0 radical (unpaired) electrons. The number of sulfonamides is 1. The van der Waals surface area contributed by atoms with Gasteiger partial charge in [0.1, 0.15) is 11.9 Å². The average molecular weight is 492 g/mol. The monoisotopic (exact) mass is 491 g/mol. The molecule has 7 nitrogen and oxygen atoms in total. The van der Waals surface area contributed by atoms with E-state index in [-0.39, 0.29) is 43.6 Å². The highest BCUT2D eigenvalue weighted by Gasteiger charge is 2.28. The van der Waals surface area contributed by atoms with Gasteiger partial charge in [0.15, 0.2) is 0 Å². The SMILES string of the molecule is CCNC(=O)[C@H](CC)N(Cc1ccc(F)cc1)C(=O)CCCN(c1ccc(C)cc1)S(C)(=O)=O. The Kier molecular flexibility index (Phi) is 10.0. The van der Waals surface area contributed by atoms with Gasteiger partial charge in [-0.2, -0.15) is 0 Å². The number of halogens is 1. The van der Waals surface area contributed by atoms with Gasteiger partial charge in [-0.15, -0.1) is 0 Å². The summed E-state index contributed by atoms with van der Waals surface area (Å²) in [5.74, 6) is -0.896. The minimum Gasteiger partial charge on any atom is -0.355 e. The maximum absolute atomic E-state index is 13.3. The predicted octanol–water partition coefficient (Wildman–Crippen LogP) is 3.62. The molecule has 0 saturated carbocycles. The third-order valence-corrected chi connectivity index (χ3v) is 6.67. The second-order valence-corrected chi connectivity index (χ2v) is 10.1. The molecule has 0 aliphatic rings. The quantitative estimate of drug-likeness (QED) is 0.491. The molecule has 0 aliphatic heterocycles. The van der Waals surface area contributed by atoms with Crippen LogP contribution in [0.4, 0.5) is 10.1 Å². The number of carbonyl (C=O) groups excluding carboxylic acids is 2. The van der Waals surface area contributed by atoms with Gasteiger partial charge in [0.2, 0.25) is 21.8 Å². The van der Waals surface area contributed by atoms with Crippen molar-refractivity contribution in [3.05, 3.63) is 65.5 Å². The predicted molar refractivity (Wildman–Crippen MR) is 132 cm³/mol. The van der Waals surface area contributed by atoms with Crippen LogP contribution in [0.3, 0.4) is 0 Å². The van der Waals surface area contributed by atoms with Gasteiger partial charge in [-0.3, -0.25) is 13.9 Å². The number of carbonyl (C=O) groups is 2. The molecule has 0 aromatic heterocycles. The molecule has 0 spiro atoms. The number of hydrogen-bond acceptors (Lipinski definition) is 4. The van der Waals surface area contributed by atoms with Crippen molar-refractivity contribution >= 4 is 27.5 Å². The van der Waals surface area contributed by atoms with Gasteiger partial charge < -0.3 is 10.2 Å². The first-order chi connectivity index (χ1) is 16.1. The normalized spacial score (nSPS) is 12.1. The molecular weight excluding hydrogens is 457 g/mol. The molecule has 186 valence electrons. The second-order valence-electron chi connectivity index (χ2n) is 8.24. The zero-order chi connectivity index (χ0) is 25.3. The third kappa shape index (κ3) is 7.83. The minimum absolute atomic E-state index is 0.0645. The molecule has 2 aromatic carbocycles. The van der Waals surface area contributed by atoms with Gasteiger partial charge in [0.05, 0.1) is 11.9 Å². The number of benzene rings is 2. The Bertz CT molecular complexity index is 1060. The van der Waals surface area contributed by atoms with E-state index in [0.29, 0.717) is 24.2 Å². The van der Waals surface area contributed by atoms with Gasteiger partial charge in [0.25, 0.3) is 0 Å². The van der Waals surface area contributed by atoms with Gasteiger partial charge in [-0.25, -0.2) is 12.8 Å². The number of aryl methyl sites for hydroxylation is 1. The van der Waals surface area contributed by atoms with Crippen molar-refractivity contribution in [2.24, 2.45) is 0 Å². The number of anilines is 1. The van der Waals surface area contributed by atoms with E-state index in [4.69, 9.17) is 0 Å². The van der Waals surface area contributed by atoms with Crippen molar-refractivity contribution in [3.8, 4) is 0 Å². The Morgan fingerprint density at radius 3 is 2.18 bits per heavy atom. The third-order valence-electron chi connectivity index (χ3n) is 5.48. The van der Waals surface area contributed by atoms with Crippen LogP contribution in [-0.2, 0) is 26.2 Å². The number of nitrogens with zero attached hydrogens (tertiary/aromatic N) is 2. The van der Waals surface area contributed by atoms with Crippen molar-refractivity contribution in [2.45, 2.75) is 52.6 Å². The van der Waals surface area contributed by atoms with Gasteiger partial charge in [0, 0.05) is 26.1 Å². The van der Waals surface area contributed by atoms with Crippen molar-refractivity contribution in [1.29, 1.82) is 0 Å². The summed E-state index contributed by atoms with van der Waals surface area (Å²) in [6.07, 6.45) is 1.90. The number of likely N-dealkylation sites (N-methyl/N-ethyl adjacent to an activating group) is 1. The average Bonchev–Trinajstić information content (AvgIpc) is 2.78. The van der Waals surface area contributed by atoms with Crippen LogP contribution in [0.2, 0.25) is 0 Å². The van der Waals surface area contributed by atoms with Gasteiger partial charge >= 0.3 is 0 Å². The van der Waals surface area contributed by atoms with Crippen LogP contribution in [0.15, 0.2) is 48.5 Å². The van der Waals surface area contributed by atoms with Crippen LogP contribution in [0, 0.1) is 12.7 Å². The Labute approximate surface area is 202 Å². The molecule has 0 heterocycles. The molecule has 0 aliphatic carbocycles. The van der Waals surface area contributed by atoms with Crippen LogP contribution < -0.4 is 9.62 Å². The van der Waals surface area contributed by atoms with Crippen molar-refractivity contribution in [2.75, 3.05) is 23.7 Å². The number of amides is 2. The van der Waals surface area contributed by atoms with E-state index in [0.717, 1.165) is 11.8 Å². The van der Waals surface area contributed by atoms with E-state index in [9.17, 15) is 22.4 Å². The first kappa shape index (κ1) is 27.3. The summed E-state index contributed by atoms with van der Waals surface area (Å²) in [4.78, 5) is 27.4. The fraction of sp³-hybridized carbons (Fsp3) is 0.440. The summed E-state index contributed by atoms with van der Waals surface area (Å²) >= 11 is 0. The van der Waals surface area contributed by atoms with Crippen LogP contribution in [-0.4, -0.2) is 50.5 Å². The van der Waals surface area contributed by atoms with E-state index < -0.39 is 16.1 Å². The fourth-order valence-corrected chi connectivity index (χ4v) is 4.68. The van der Waals surface area contributed by atoms with E-state index in [1.54, 1.807) is 24.3 Å². The van der Waals surface area contributed by atoms with E-state index in [1.807, 2.05) is 32.9 Å².